The molecule has 0 aromatic heterocycles. The lowest BCUT2D eigenvalue weighted by Crippen LogP contribution is -2.15. The molecule has 21 heavy (non-hydrogen) atoms. The third-order valence-corrected chi connectivity index (χ3v) is 4.85. The summed E-state index contributed by atoms with van der Waals surface area (Å²) in [5, 5.41) is 0. The van der Waals surface area contributed by atoms with Gasteiger partial charge in [0.05, 0.1) is 12.2 Å². The molecule has 0 saturated heterocycles. The van der Waals surface area contributed by atoms with Crippen LogP contribution in [0.4, 0.5) is 13.2 Å². The fourth-order valence-electron chi connectivity index (χ4n) is 1.43. The molecule has 0 saturated carbocycles. The van der Waals surface area contributed by atoms with Gasteiger partial charge in [-0.2, -0.15) is 25.6 Å². The normalized spacial score (nSPS) is 14.0. The second kappa shape index (κ2) is 6.78. The van der Waals surface area contributed by atoms with E-state index in [-0.39, 0.29) is 6.61 Å². The van der Waals surface area contributed by atoms with Crippen molar-refractivity contribution in [3.8, 4) is 5.75 Å². The van der Waals surface area contributed by atoms with Gasteiger partial charge in [-0.15, -0.1) is 0 Å². The summed E-state index contributed by atoms with van der Waals surface area (Å²) in [5.74, 6) is -0.543. The molecule has 0 radical (unpaired) electrons. The highest BCUT2D eigenvalue weighted by Crippen LogP contribution is 2.41. The molecule has 0 fully saturated rings. The summed E-state index contributed by atoms with van der Waals surface area (Å²) >= 11 is 0. The van der Waals surface area contributed by atoms with E-state index in [0.717, 1.165) is 19.2 Å². The Kier molecular flexibility index (Phi) is 5.80. The molecule has 120 valence electrons. The lowest BCUT2D eigenvalue weighted by atomic mass is 10.2. The highest BCUT2D eigenvalue weighted by molar-refractivity contribution is 7.89. The second-order valence-corrected chi connectivity index (χ2v) is 6.45. The van der Waals surface area contributed by atoms with E-state index in [2.05, 4.69) is 8.49 Å². The van der Waals surface area contributed by atoms with E-state index < -0.39 is 40.8 Å². The van der Waals surface area contributed by atoms with E-state index >= 15 is 0 Å². The zero-order chi connectivity index (χ0) is 16.3. The molecule has 11 heteroatoms. The van der Waals surface area contributed by atoms with Gasteiger partial charge < -0.3 is 9.26 Å². The molecule has 1 unspecified atom stereocenters. The van der Waals surface area contributed by atoms with Crippen LogP contribution in [0.3, 0.4) is 0 Å². The molecule has 0 amide bonds. The van der Waals surface area contributed by atoms with Gasteiger partial charge in [0.15, 0.2) is 0 Å². The molecule has 1 rings (SSSR count). The third-order valence-electron chi connectivity index (χ3n) is 2.18. The Hall–Kier alpha value is -1.09. The molecule has 6 nitrogen and oxygen atoms in total. The number of ether oxygens (including phenoxy) is 1. The van der Waals surface area contributed by atoms with Gasteiger partial charge in [0.25, 0.3) is 0 Å². The Balaban J connectivity index is 3.53. The van der Waals surface area contributed by atoms with E-state index in [1.54, 1.807) is 0 Å². The van der Waals surface area contributed by atoms with Crippen LogP contribution in [0.1, 0.15) is 12.5 Å². The summed E-state index contributed by atoms with van der Waals surface area (Å²) in [6.07, 6.45) is -4.96. The van der Waals surface area contributed by atoms with Crippen LogP contribution in [-0.4, -0.2) is 22.1 Å². The van der Waals surface area contributed by atoms with E-state index in [0.29, 0.717) is 6.07 Å². The lowest BCUT2D eigenvalue weighted by Gasteiger charge is -2.16. The predicted octanol–water partition coefficient (Wildman–Crippen LogP) is 2.85. The van der Waals surface area contributed by atoms with Crippen molar-refractivity contribution < 1.29 is 39.4 Å². The summed E-state index contributed by atoms with van der Waals surface area (Å²) < 4.78 is 86.9. The van der Waals surface area contributed by atoms with Gasteiger partial charge in [0, 0.05) is 7.11 Å². The maximum absolute atomic E-state index is 12.9. The Labute approximate surface area is 119 Å². The second-order valence-electron chi connectivity index (χ2n) is 3.56. The molecule has 0 aliphatic heterocycles. The molecule has 0 N–H and O–H groups in total. The molecule has 0 spiro atoms. The van der Waals surface area contributed by atoms with Crippen LogP contribution in [0.5, 0.6) is 5.75 Å². The fourth-order valence-corrected chi connectivity index (χ4v) is 3.58. The molecule has 1 atom stereocenters. The van der Waals surface area contributed by atoms with Crippen molar-refractivity contribution in [3.05, 3.63) is 23.8 Å². The van der Waals surface area contributed by atoms with Crippen LogP contribution in [0, 0.1) is 0 Å². The van der Waals surface area contributed by atoms with Crippen LogP contribution in [0.2, 0.25) is 0 Å². The Morgan fingerprint density at radius 1 is 1.29 bits per heavy atom. The van der Waals surface area contributed by atoms with E-state index in [4.69, 9.17) is 4.74 Å². The van der Waals surface area contributed by atoms with Gasteiger partial charge >= 0.3 is 24.5 Å². The first-order chi connectivity index (χ1) is 9.63. The first kappa shape index (κ1) is 18.0. The minimum atomic E-state index is -4.98. The number of halogens is 3. The maximum Gasteiger partial charge on any atom is 0.417 e. The first-order valence-corrected chi connectivity index (χ1v) is 8.12. The van der Waals surface area contributed by atoms with Crippen LogP contribution in [-0.2, 0) is 29.4 Å². The van der Waals surface area contributed by atoms with Crippen LogP contribution in [0.15, 0.2) is 23.1 Å². The number of hydrogen-bond acceptors (Lipinski definition) is 6. The smallest absolute Gasteiger partial charge is 0.417 e. The average molecular weight is 348 g/mol. The van der Waals surface area contributed by atoms with E-state index in [1.807, 2.05) is 0 Å². The van der Waals surface area contributed by atoms with Gasteiger partial charge in [-0.25, -0.2) is 0 Å². The van der Waals surface area contributed by atoms with Crippen molar-refractivity contribution >= 4 is 18.4 Å². The van der Waals surface area contributed by atoms with E-state index in [1.165, 1.54) is 6.92 Å². The Morgan fingerprint density at radius 3 is 2.38 bits per heavy atom. The topological polar surface area (TPSA) is 78.9 Å². The summed E-state index contributed by atoms with van der Waals surface area (Å²) in [5.41, 5.74) is -1.47. The third kappa shape index (κ3) is 4.44. The van der Waals surface area contributed by atoms with Crippen LogP contribution >= 0.6 is 8.25 Å². The van der Waals surface area contributed by atoms with E-state index in [9.17, 15) is 26.2 Å². The lowest BCUT2D eigenvalue weighted by molar-refractivity contribution is -0.140. The molecule has 0 heterocycles. The van der Waals surface area contributed by atoms with Crippen molar-refractivity contribution in [1.82, 2.24) is 0 Å². The minimum absolute atomic E-state index is 0.0662. The van der Waals surface area contributed by atoms with Gasteiger partial charge in [-0.05, 0) is 19.1 Å². The van der Waals surface area contributed by atoms with Crippen molar-refractivity contribution in [2.75, 3.05) is 13.7 Å². The molecule has 1 aromatic carbocycles. The van der Waals surface area contributed by atoms with Crippen LogP contribution in [0.25, 0.3) is 0 Å². The number of hydrogen-bond donors (Lipinski definition) is 0. The van der Waals surface area contributed by atoms with Crippen molar-refractivity contribution in [2.45, 2.75) is 18.0 Å². The van der Waals surface area contributed by atoms with Gasteiger partial charge in [-0.1, -0.05) is 6.07 Å². The summed E-state index contributed by atoms with van der Waals surface area (Å²) in [4.78, 5) is -1.23. The number of alkyl halides is 3. The Bertz CT molecular complexity index is 628. The van der Waals surface area contributed by atoms with Crippen molar-refractivity contribution in [1.29, 1.82) is 0 Å². The predicted molar refractivity (Wildman–Crippen MR) is 66.9 cm³/mol. The highest BCUT2D eigenvalue weighted by atomic mass is 32.2. The molecule has 0 aliphatic carbocycles. The molecule has 0 bridgehead atoms. The summed E-state index contributed by atoms with van der Waals surface area (Å²) in [6, 6.07) is 2.59. The van der Waals surface area contributed by atoms with Crippen molar-refractivity contribution in [3.63, 3.8) is 0 Å². The first-order valence-electron chi connectivity index (χ1n) is 5.49. The monoisotopic (exact) mass is 348 g/mol. The zero-order valence-electron chi connectivity index (χ0n) is 10.9. The zero-order valence-corrected chi connectivity index (χ0v) is 12.7. The molecule has 0 aliphatic rings. The minimum Gasteiger partial charge on any atom is -0.492 e. The van der Waals surface area contributed by atoms with Crippen molar-refractivity contribution in [2.24, 2.45) is 0 Å². The molecule has 1 aromatic rings. The average Bonchev–Trinajstić information content (AvgIpc) is 2.37. The van der Waals surface area contributed by atoms with Gasteiger partial charge in [-0.3, -0.25) is 4.57 Å². The van der Waals surface area contributed by atoms with Crippen LogP contribution < -0.4 is 4.74 Å². The largest absolute Gasteiger partial charge is 0.492 e. The molecular weight excluding hydrogens is 336 g/mol. The summed E-state index contributed by atoms with van der Waals surface area (Å²) in [7, 11) is -7.56. The molecular formula is C10H12F3O6PS. The SMILES string of the molecule is CCOc1cccc(C(F)(F)F)c1S(=O)(=O)O[PH](=O)OC. The Morgan fingerprint density at radius 2 is 1.90 bits per heavy atom. The number of benzene rings is 1. The summed E-state index contributed by atoms with van der Waals surface area (Å²) in [6.45, 7) is 1.40. The highest BCUT2D eigenvalue weighted by Gasteiger charge is 2.40. The van der Waals surface area contributed by atoms with Gasteiger partial charge in [0.2, 0.25) is 0 Å². The standard InChI is InChI=1S/C10H12F3O6PS/c1-3-18-8-6-4-5-7(10(11,12)13)9(8)21(15,16)19-20(14)17-2/h4-6,20H,3H2,1-2H3. The quantitative estimate of drug-likeness (QED) is 0.736. The maximum atomic E-state index is 12.9. The van der Waals surface area contributed by atoms with Gasteiger partial charge in [0.1, 0.15) is 10.6 Å². The number of rotatable bonds is 6. The fraction of sp³-hybridized carbons (Fsp3) is 0.400.